The van der Waals surface area contributed by atoms with Gasteiger partial charge >= 0.3 is 0 Å². The van der Waals surface area contributed by atoms with Crippen LogP contribution >= 0.6 is 11.3 Å². The van der Waals surface area contributed by atoms with Crippen LogP contribution < -0.4 is 0 Å². The predicted octanol–water partition coefficient (Wildman–Crippen LogP) is 5.17. The Morgan fingerprint density at radius 3 is 2.76 bits per heavy atom. The third-order valence-corrected chi connectivity index (χ3v) is 6.03. The van der Waals surface area contributed by atoms with Crippen molar-refractivity contribution in [3.05, 3.63) is 52.7 Å². The van der Waals surface area contributed by atoms with Gasteiger partial charge in [0.15, 0.2) is 0 Å². The van der Waals surface area contributed by atoms with Gasteiger partial charge in [-0.05, 0) is 42.2 Å². The molecule has 0 amide bonds. The molecule has 2 aromatic rings. The van der Waals surface area contributed by atoms with Crippen LogP contribution in [0.2, 0.25) is 0 Å². The maximum absolute atomic E-state index is 14.9. The third kappa shape index (κ3) is 2.48. The number of halogens is 1. The van der Waals surface area contributed by atoms with Gasteiger partial charge in [0, 0.05) is 4.88 Å². The van der Waals surface area contributed by atoms with Crippen molar-refractivity contribution in [2.75, 3.05) is 0 Å². The average Bonchev–Trinajstić information content (AvgIpc) is 3.09. The summed E-state index contributed by atoms with van der Waals surface area (Å²) in [6, 6.07) is 4.13. The number of benzene rings is 1. The lowest BCUT2D eigenvalue weighted by Gasteiger charge is -2.11. The smallest absolute Gasteiger partial charge is 0.144 e. The number of fused-ring (bicyclic) bond motifs is 1. The predicted molar refractivity (Wildman–Crippen MR) is 94.4 cm³/mol. The Morgan fingerprint density at radius 2 is 2.10 bits per heavy atom. The van der Waals surface area contributed by atoms with Crippen molar-refractivity contribution >= 4 is 34.7 Å². The van der Waals surface area contributed by atoms with E-state index in [9.17, 15) is 4.39 Å². The summed E-state index contributed by atoms with van der Waals surface area (Å²) in [5, 5.41) is 1.06. The number of hydrogen-bond acceptors (Lipinski definition) is 1. The van der Waals surface area contributed by atoms with Gasteiger partial charge in [0.1, 0.15) is 13.7 Å². The quantitative estimate of drug-likeness (QED) is 0.542. The molecule has 1 aliphatic carbocycles. The number of rotatable bonds is 3. The minimum Gasteiger partial charge on any atom is -0.205 e. The number of hydrogen-bond donors (Lipinski definition) is 0. The highest BCUT2D eigenvalue weighted by atomic mass is 32.1. The Bertz CT molecular complexity index is 720. The van der Waals surface area contributed by atoms with Gasteiger partial charge in [-0.25, -0.2) is 4.39 Å². The van der Waals surface area contributed by atoms with Crippen LogP contribution in [0.5, 0.6) is 0 Å². The van der Waals surface area contributed by atoms with E-state index in [1.54, 1.807) is 17.4 Å². The van der Waals surface area contributed by atoms with Crippen molar-refractivity contribution in [2.45, 2.75) is 38.5 Å². The molecule has 0 bridgehead atoms. The highest BCUT2D eigenvalue weighted by Crippen LogP contribution is 2.41. The molecule has 1 aromatic heterocycles. The summed E-state index contributed by atoms with van der Waals surface area (Å²) in [6.45, 7) is 5.83. The van der Waals surface area contributed by atoms with Gasteiger partial charge in [0.25, 0.3) is 0 Å². The van der Waals surface area contributed by atoms with Crippen LogP contribution in [0.3, 0.4) is 0 Å². The van der Waals surface area contributed by atoms with Gasteiger partial charge in [-0.15, -0.1) is 11.3 Å². The van der Waals surface area contributed by atoms with E-state index in [1.165, 1.54) is 23.3 Å². The highest BCUT2D eigenvalue weighted by molar-refractivity contribution is 7.20. The van der Waals surface area contributed by atoms with Crippen molar-refractivity contribution in [1.29, 1.82) is 0 Å². The monoisotopic (exact) mass is 298 g/mol. The molecule has 0 aliphatic heterocycles. The van der Waals surface area contributed by atoms with E-state index < -0.39 is 0 Å². The lowest BCUT2D eigenvalue weighted by molar-refractivity contribution is 0.592. The summed E-state index contributed by atoms with van der Waals surface area (Å²) in [6.07, 6.45) is 8.52. The fraction of sp³-hybridized carbons (Fsp3) is 0.333. The van der Waals surface area contributed by atoms with Crippen molar-refractivity contribution in [3.63, 3.8) is 0 Å². The molecule has 108 valence electrons. The van der Waals surface area contributed by atoms with Crippen LogP contribution in [0.25, 0.3) is 15.6 Å². The zero-order valence-corrected chi connectivity index (χ0v) is 13.5. The summed E-state index contributed by atoms with van der Waals surface area (Å²) in [5.74, 6) is 0.440. The van der Waals surface area contributed by atoms with E-state index in [0.29, 0.717) is 5.92 Å². The van der Waals surface area contributed by atoms with Crippen molar-refractivity contribution < 1.29 is 4.39 Å². The zero-order chi connectivity index (χ0) is 15.0. The summed E-state index contributed by atoms with van der Waals surface area (Å²) in [5.41, 5.74) is 3.27. The van der Waals surface area contributed by atoms with E-state index >= 15 is 0 Å². The molecular formula is C18H20BFS. The third-order valence-electron chi connectivity index (χ3n) is 4.60. The first kappa shape index (κ1) is 14.6. The Hall–Kier alpha value is -1.35. The maximum atomic E-state index is 14.9. The van der Waals surface area contributed by atoms with Crippen molar-refractivity contribution in [2.24, 2.45) is 0 Å². The summed E-state index contributed by atoms with van der Waals surface area (Å²) < 4.78 is 15.8. The molecule has 0 spiro atoms. The van der Waals surface area contributed by atoms with Gasteiger partial charge in [0.2, 0.25) is 0 Å². The molecule has 0 N–H and O–H groups in total. The van der Waals surface area contributed by atoms with Crippen molar-refractivity contribution in [3.8, 4) is 0 Å². The molecule has 0 radical (unpaired) electrons. The lowest BCUT2D eigenvalue weighted by atomic mass is 9.90. The fourth-order valence-corrected chi connectivity index (χ4v) is 4.68. The van der Waals surface area contributed by atoms with Crippen LogP contribution in [0.4, 0.5) is 4.39 Å². The first-order valence-electron chi connectivity index (χ1n) is 7.64. The first-order chi connectivity index (χ1) is 10.1. The van der Waals surface area contributed by atoms with Crippen molar-refractivity contribution in [1.82, 2.24) is 0 Å². The van der Waals surface area contributed by atoms with Crippen LogP contribution in [-0.4, -0.2) is 7.85 Å². The topological polar surface area (TPSA) is 0 Å². The van der Waals surface area contributed by atoms with Crippen LogP contribution in [0.15, 0.2) is 30.9 Å². The fourth-order valence-electron chi connectivity index (χ4n) is 3.45. The minimum atomic E-state index is 0.0187. The Labute approximate surface area is 130 Å². The number of thiophene rings is 1. The maximum Gasteiger partial charge on any atom is 0.144 e. The van der Waals surface area contributed by atoms with E-state index in [0.717, 1.165) is 34.0 Å². The normalized spacial score (nSPS) is 16.8. The van der Waals surface area contributed by atoms with Gasteiger partial charge in [0.05, 0.1) is 4.70 Å². The Kier molecular flexibility index (Phi) is 4.03. The standard InChI is InChI=1S/C18H20BFS/c1-3-6-15(19)17-11(2)13-9-10-14(12-7-4-5-8-12)16(20)18(13)21-17/h3,6,9-10,12H,1,4-5,7-8,19H2,2H3/b15-6+. The molecule has 1 saturated carbocycles. The molecule has 3 heteroatoms. The average molecular weight is 298 g/mol. The molecule has 1 aliphatic rings. The van der Waals surface area contributed by atoms with Gasteiger partial charge < -0.3 is 0 Å². The van der Waals surface area contributed by atoms with Gasteiger partial charge in [-0.3, -0.25) is 0 Å². The first-order valence-corrected chi connectivity index (χ1v) is 8.46. The molecule has 0 saturated heterocycles. The summed E-state index contributed by atoms with van der Waals surface area (Å²) >= 11 is 1.58. The molecule has 1 fully saturated rings. The molecule has 0 unspecified atom stereocenters. The molecule has 0 nitrogen and oxygen atoms in total. The molecular weight excluding hydrogens is 278 g/mol. The second-order valence-electron chi connectivity index (χ2n) is 5.97. The summed E-state index contributed by atoms with van der Waals surface area (Å²) in [7, 11) is 2.06. The molecule has 3 rings (SSSR count). The molecule has 0 atom stereocenters. The van der Waals surface area contributed by atoms with E-state index in [2.05, 4.69) is 27.4 Å². The van der Waals surface area contributed by atoms with Crippen LogP contribution in [0.1, 0.15) is 47.6 Å². The summed E-state index contributed by atoms with van der Waals surface area (Å²) in [4.78, 5) is 1.17. The Morgan fingerprint density at radius 1 is 1.38 bits per heavy atom. The molecule has 21 heavy (non-hydrogen) atoms. The second kappa shape index (κ2) is 5.80. The minimum absolute atomic E-state index is 0.0187. The number of aryl methyl sites for hydroxylation is 1. The number of allylic oxidation sites excluding steroid dienone is 2. The van der Waals surface area contributed by atoms with Crippen LogP contribution in [-0.2, 0) is 0 Å². The second-order valence-corrected chi connectivity index (χ2v) is 6.99. The van der Waals surface area contributed by atoms with E-state index in [-0.39, 0.29) is 5.82 Å². The van der Waals surface area contributed by atoms with Crippen LogP contribution in [0, 0.1) is 12.7 Å². The SMILES string of the molecule is B/C(=C/C=C)c1sc2c(F)c(C3CCCC3)ccc2c1C. The lowest BCUT2D eigenvalue weighted by Crippen LogP contribution is -1.96. The Balaban J connectivity index is 2.15. The molecule has 1 aromatic carbocycles. The van der Waals surface area contributed by atoms with Gasteiger partial charge in [-0.1, -0.05) is 49.2 Å². The zero-order valence-electron chi connectivity index (χ0n) is 12.7. The highest BCUT2D eigenvalue weighted by Gasteiger charge is 2.23. The molecule has 1 heterocycles. The largest absolute Gasteiger partial charge is 0.205 e. The van der Waals surface area contributed by atoms with E-state index in [4.69, 9.17) is 0 Å². The van der Waals surface area contributed by atoms with Gasteiger partial charge in [-0.2, -0.15) is 0 Å². The van der Waals surface area contributed by atoms with E-state index in [1.807, 2.05) is 12.1 Å².